The first-order chi connectivity index (χ1) is 8.71. The van der Waals surface area contributed by atoms with Crippen molar-refractivity contribution in [2.45, 2.75) is 12.5 Å². The Bertz CT molecular complexity index is 461. The van der Waals surface area contributed by atoms with Crippen molar-refractivity contribution in [3.05, 3.63) is 27.3 Å². The molecule has 5 nitrogen and oxygen atoms in total. The molecule has 1 unspecified atom stereocenters. The summed E-state index contributed by atoms with van der Waals surface area (Å²) in [7, 11) is 3.70. The molecular formula is C13H19IN2O3. The number of phenolic OH excluding ortho intramolecular Hbond substituents is 1. The highest BCUT2D eigenvalue weighted by Crippen LogP contribution is 2.19. The molecule has 0 aromatic heterocycles. The van der Waals surface area contributed by atoms with Crippen LogP contribution >= 0.6 is 22.6 Å². The van der Waals surface area contributed by atoms with Gasteiger partial charge in [0.1, 0.15) is 5.75 Å². The topological polar surface area (TPSA) is 72.8 Å². The molecule has 1 aromatic carbocycles. The molecular weight excluding hydrogens is 359 g/mol. The fraction of sp³-hybridized carbons (Fsp3) is 0.462. The number of benzene rings is 1. The average Bonchev–Trinajstić information content (AvgIpc) is 2.27. The Morgan fingerprint density at radius 3 is 2.68 bits per heavy atom. The predicted molar refractivity (Wildman–Crippen MR) is 82.3 cm³/mol. The minimum atomic E-state index is -1.02. The van der Waals surface area contributed by atoms with Gasteiger partial charge in [0.15, 0.2) is 0 Å². The van der Waals surface area contributed by atoms with Crippen molar-refractivity contribution in [2.75, 3.05) is 27.2 Å². The molecule has 0 bridgehead atoms. The number of aliphatic hydroxyl groups is 1. The Morgan fingerprint density at radius 1 is 1.47 bits per heavy atom. The molecule has 0 heterocycles. The minimum absolute atomic E-state index is 0.0647. The maximum Gasteiger partial charge on any atom is 0.255 e. The zero-order valence-electron chi connectivity index (χ0n) is 11.3. The summed E-state index contributed by atoms with van der Waals surface area (Å²) >= 11 is 2.07. The lowest BCUT2D eigenvalue weighted by atomic mass is 10.1. The van der Waals surface area contributed by atoms with Crippen LogP contribution in [0.5, 0.6) is 5.75 Å². The third-order valence-electron chi connectivity index (χ3n) is 2.49. The number of likely N-dealkylation sites (N-methyl/N-ethyl adjacent to an activating group) is 1. The van der Waals surface area contributed by atoms with Gasteiger partial charge in [-0.2, -0.15) is 0 Å². The maximum absolute atomic E-state index is 12.0. The number of rotatable bonds is 5. The lowest BCUT2D eigenvalue weighted by molar-refractivity contribution is 0.0325. The second-order valence-electron chi connectivity index (χ2n) is 5.08. The number of hydrogen-bond donors (Lipinski definition) is 3. The van der Waals surface area contributed by atoms with Crippen LogP contribution < -0.4 is 5.32 Å². The lowest BCUT2D eigenvalue weighted by Crippen LogP contribution is -2.47. The summed E-state index contributed by atoms with van der Waals surface area (Å²) in [6.45, 7) is 2.21. The Kier molecular flexibility index (Phi) is 5.57. The molecule has 0 spiro atoms. The molecule has 1 aromatic rings. The third-order valence-corrected chi connectivity index (χ3v) is 3.16. The van der Waals surface area contributed by atoms with Gasteiger partial charge in [-0.15, -0.1) is 0 Å². The molecule has 0 saturated heterocycles. The van der Waals surface area contributed by atoms with Gasteiger partial charge in [-0.3, -0.25) is 4.79 Å². The molecule has 0 aliphatic carbocycles. The number of phenols is 1. The summed E-state index contributed by atoms with van der Waals surface area (Å²) in [6, 6.07) is 4.80. The van der Waals surface area contributed by atoms with Crippen LogP contribution in [0, 0.1) is 3.57 Å². The number of carbonyl (C=O) groups excluding carboxylic acids is 1. The highest BCUT2D eigenvalue weighted by atomic mass is 127. The van der Waals surface area contributed by atoms with E-state index in [4.69, 9.17) is 0 Å². The van der Waals surface area contributed by atoms with Crippen LogP contribution in [0.4, 0.5) is 0 Å². The Hall–Kier alpha value is -0.860. The van der Waals surface area contributed by atoms with Crippen molar-refractivity contribution in [1.82, 2.24) is 10.2 Å². The Labute approximate surface area is 126 Å². The molecule has 1 atom stereocenters. The number of hydrogen-bond acceptors (Lipinski definition) is 4. The summed E-state index contributed by atoms with van der Waals surface area (Å²) < 4.78 is 0.862. The van der Waals surface area contributed by atoms with E-state index < -0.39 is 11.5 Å². The van der Waals surface area contributed by atoms with Gasteiger partial charge in [0.05, 0.1) is 11.2 Å². The highest BCUT2D eigenvalue weighted by molar-refractivity contribution is 14.1. The summed E-state index contributed by atoms with van der Waals surface area (Å²) in [6.07, 6.45) is 0. The van der Waals surface area contributed by atoms with E-state index in [1.807, 2.05) is 19.0 Å². The van der Waals surface area contributed by atoms with Crippen LogP contribution in [0.2, 0.25) is 0 Å². The first-order valence-electron chi connectivity index (χ1n) is 5.85. The van der Waals surface area contributed by atoms with Gasteiger partial charge in [0.2, 0.25) is 0 Å². The summed E-state index contributed by atoms with van der Waals surface area (Å²) in [4.78, 5) is 13.8. The van der Waals surface area contributed by atoms with Crippen LogP contribution in [0.1, 0.15) is 17.3 Å². The molecule has 3 N–H and O–H groups in total. The monoisotopic (exact) mass is 378 g/mol. The normalized spacial score (nSPS) is 14.2. The van der Waals surface area contributed by atoms with Gasteiger partial charge in [-0.25, -0.2) is 0 Å². The molecule has 0 radical (unpaired) electrons. The quantitative estimate of drug-likeness (QED) is 0.670. The van der Waals surface area contributed by atoms with Crippen molar-refractivity contribution in [3.8, 4) is 5.75 Å². The molecule has 0 aliphatic heterocycles. The number of nitrogens with zero attached hydrogens (tertiary/aromatic N) is 1. The molecule has 0 aliphatic rings. The molecule has 106 valence electrons. The van der Waals surface area contributed by atoms with E-state index in [2.05, 4.69) is 27.9 Å². The fourth-order valence-electron chi connectivity index (χ4n) is 1.79. The predicted octanol–water partition coefficient (Wildman–Crippen LogP) is 1.04. The fourth-order valence-corrected chi connectivity index (χ4v) is 2.28. The smallest absolute Gasteiger partial charge is 0.255 e. The molecule has 1 rings (SSSR count). The van der Waals surface area contributed by atoms with Gasteiger partial charge in [0, 0.05) is 16.7 Å². The van der Waals surface area contributed by atoms with Crippen LogP contribution in [0.3, 0.4) is 0 Å². The number of aromatic hydroxyl groups is 1. The first-order valence-corrected chi connectivity index (χ1v) is 6.93. The highest BCUT2D eigenvalue weighted by Gasteiger charge is 2.23. The summed E-state index contributed by atoms with van der Waals surface area (Å²) in [5.41, 5.74) is -0.802. The first kappa shape index (κ1) is 16.2. The van der Waals surface area contributed by atoms with Crippen LogP contribution in [0.25, 0.3) is 0 Å². The van der Waals surface area contributed by atoms with Gasteiger partial charge in [-0.05, 0) is 61.8 Å². The molecule has 6 heteroatoms. The standard InChI is InChI=1S/C13H19IN2O3/c1-13(19,8-16(2)3)7-15-12(18)10-6-9(14)4-5-11(10)17/h4-6,17,19H,7-8H2,1-3H3,(H,15,18). The zero-order chi connectivity index (χ0) is 14.6. The van der Waals surface area contributed by atoms with Gasteiger partial charge < -0.3 is 20.4 Å². The summed E-state index contributed by atoms with van der Waals surface area (Å²) in [5, 5.41) is 22.4. The lowest BCUT2D eigenvalue weighted by Gasteiger charge is -2.27. The Morgan fingerprint density at radius 2 is 2.11 bits per heavy atom. The second kappa shape index (κ2) is 6.53. The molecule has 19 heavy (non-hydrogen) atoms. The van der Waals surface area contributed by atoms with Gasteiger partial charge >= 0.3 is 0 Å². The number of amides is 1. The third kappa shape index (κ3) is 5.33. The van der Waals surface area contributed by atoms with Gasteiger partial charge in [0.25, 0.3) is 5.91 Å². The minimum Gasteiger partial charge on any atom is -0.507 e. The van der Waals surface area contributed by atoms with Crippen molar-refractivity contribution in [3.63, 3.8) is 0 Å². The van der Waals surface area contributed by atoms with E-state index >= 15 is 0 Å². The molecule has 0 fully saturated rings. The van der Waals surface area contributed by atoms with E-state index in [0.29, 0.717) is 6.54 Å². The van der Waals surface area contributed by atoms with E-state index in [0.717, 1.165) is 3.57 Å². The van der Waals surface area contributed by atoms with Crippen LogP contribution in [0.15, 0.2) is 18.2 Å². The maximum atomic E-state index is 12.0. The van der Waals surface area contributed by atoms with Crippen LogP contribution in [-0.2, 0) is 0 Å². The number of halogens is 1. The van der Waals surface area contributed by atoms with Crippen molar-refractivity contribution in [1.29, 1.82) is 0 Å². The summed E-state index contributed by atoms with van der Waals surface area (Å²) in [5.74, 6) is -0.458. The van der Waals surface area contributed by atoms with E-state index in [9.17, 15) is 15.0 Å². The zero-order valence-corrected chi connectivity index (χ0v) is 13.4. The van der Waals surface area contributed by atoms with E-state index in [1.165, 1.54) is 6.07 Å². The number of carbonyl (C=O) groups is 1. The van der Waals surface area contributed by atoms with Crippen molar-refractivity contribution in [2.24, 2.45) is 0 Å². The largest absolute Gasteiger partial charge is 0.507 e. The van der Waals surface area contributed by atoms with Crippen LogP contribution in [-0.4, -0.2) is 53.8 Å². The molecule has 1 amide bonds. The van der Waals surface area contributed by atoms with Gasteiger partial charge in [-0.1, -0.05) is 0 Å². The van der Waals surface area contributed by atoms with E-state index in [-0.39, 0.29) is 17.9 Å². The number of nitrogens with one attached hydrogen (secondary N) is 1. The average molecular weight is 378 g/mol. The van der Waals surface area contributed by atoms with Crippen molar-refractivity contribution >= 4 is 28.5 Å². The Balaban J connectivity index is 2.68. The van der Waals surface area contributed by atoms with E-state index in [1.54, 1.807) is 19.1 Å². The second-order valence-corrected chi connectivity index (χ2v) is 6.32. The SMILES string of the molecule is CN(C)CC(C)(O)CNC(=O)c1cc(I)ccc1O. The van der Waals surface area contributed by atoms with Crippen molar-refractivity contribution < 1.29 is 15.0 Å². The molecule has 0 saturated carbocycles.